The molecule has 0 radical (unpaired) electrons. The Morgan fingerprint density at radius 3 is 2.20 bits per heavy atom. The molecule has 3 amide bonds. The highest BCUT2D eigenvalue weighted by Gasteiger charge is 2.58. The number of hydrogen-bond donors (Lipinski definition) is 1. The summed E-state index contributed by atoms with van der Waals surface area (Å²) >= 11 is 0.214. The number of rotatable bonds is 7. The molecule has 3 atom stereocenters. The lowest BCUT2D eigenvalue weighted by molar-refractivity contribution is -0.153. The Morgan fingerprint density at radius 2 is 1.64 bits per heavy atom. The van der Waals surface area contributed by atoms with Crippen molar-refractivity contribution in [1.29, 1.82) is 0 Å². The summed E-state index contributed by atoms with van der Waals surface area (Å²) in [6.07, 6.45) is -5.20. The van der Waals surface area contributed by atoms with Crippen molar-refractivity contribution < 1.29 is 46.0 Å². The van der Waals surface area contributed by atoms with Crippen molar-refractivity contribution in [3.63, 3.8) is 0 Å². The second kappa shape index (κ2) is 13.4. The molecule has 3 aromatic rings. The topological polar surface area (TPSA) is 148 Å². The van der Waals surface area contributed by atoms with Gasteiger partial charge in [0.05, 0.1) is 16.6 Å². The number of alkyl halides is 3. The summed E-state index contributed by atoms with van der Waals surface area (Å²) in [5.74, 6) is -2.70. The average molecular weight is 730 g/mol. The molecule has 4 heterocycles. The maximum atomic E-state index is 14.2. The number of nitrogens with zero attached hydrogens (tertiary/aromatic N) is 4. The fraction of sp³-hybridized carbons (Fsp3) is 0.333. The number of fused-ring (bicyclic) bond motifs is 1. The number of β-lactam (4-membered cyclic amide) rings is 1. The van der Waals surface area contributed by atoms with Crippen molar-refractivity contribution in [2.75, 3.05) is 17.2 Å². The van der Waals surface area contributed by atoms with Gasteiger partial charge in [-0.1, -0.05) is 72.0 Å². The summed E-state index contributed by atoms with van der Waals surface area (Å²) in [4.78, 5) is 55.9. The summed E-state index contributed by atoms with van der Waals surface area (Å²) in [6.45, 7) is 4.89. The van der Waals surface area contributed by atoms with Gasteiger partial charge in [0.1, 0.15) is 22.7 Å². The first-order chi connectivity index (χ1) is 23.6. The van der Waals surface area contributed by atoms with Gasteiger partial charge in [0.15, 0.2) is 6.10 Å². The van der Waals surface area contributed by atoms with Crippen molar-refractivity contribution in [3.05, 3.63) is 99.7 Å². The number of amides is 3. The second-order valence-corrected chi connectivity index (χ2v) is 15.0. The molecule has 0 saturated carbocycles. The van der Waals surface area contributed by atoms with E-state index < -0.39 is 69.0 Å². The Hall–Kier alpha value is -4.90. The first-order valence-corrected chi connectivity index (χ1v) is 17.5. The van der Waals surface area contributed by atoms with Gasteiger partial charge >= 0.3 is 18.2 Å². The monoisotopic (exact) mass is 729 g/mol. The smallest absolute Gasteiger partial charge is 0.445 e. The van der Waals surface area contributed by atoms with Crippen molar-refractivity contribution in [2.45, 2.75) is 56.5 Å². The SMILES string of the molecule is CC(C)(C)OC(=O)N[C@@H]1C(=O)N2C(C(=O)OC(c3ccccc3)c3ccccc3)=C(C=C3CCN(c4nnc(C(F)(F)F)s4)C3=O)C[S@](=O)[C@H]12. The van der Waals surface area contributed by atoms with Gasteiger partial charge in [-0.3, -0.25) is 23.6 Å². The molecule has 1 aromatic heterocycles. The minimum Gasteiger partial charge on any atom is -0.448 e. The number of aromatic nitrogens is 2. The van der Waals surface area contributed by atoms with Crippen LogP contribution in [0.4, 0.5) is 23.1 Å². The van der Waals surface area contributed by atoms with Gasteiger partial charge in [-0.15, -0.1) is 10.2 Å². The second-order valence-electron chi connectivity index (χ2n) is 12.5. The Morgan fingerprint density at radius 1 is 1.02 bits per heavy atom. The quantitative estimate of drug-likeness (QED) is 0.209. The van der Waals surface area contributed by atoms with Crippen LogP contribution >= 0.6 is 11.3 Å². The van der Waals surface area contributed by atoms with Gasteiger partial charge < -0.3 is 14.8 Å². The molecule has 2 aromatic carbocycles. The fourth-order valence-corrected chi connectivity index (χ4v) is 8.03. The normalized spacial score (nSPS) is 21.7. The van der Waals surface area contributed by atoms with E-state index in [-0.39, 0.29) is 52.0 Å². The molecule has 2 fully saturated rings. The number of alkyl carbamates (subject to hydrolysis) is 1. The van der Waals surface area contributed by atoms with Gasteiger partial charge in [0.25, 0.3) is 11.8 Å². The molecule has 0 spiro atoms. The number of anilines is 1. The first kappa shape index (κ1) is 34.9. The molecule has 50 heavy (non-hydrogen) atoms. The van der Waals surface area contributed by atoms with E-state index in [1.165, 1.54) is 6.08 Å². The summed E-state index contributed by atoms with van der Waals surface area (Å²) < 4.78 is 64.5. The molecule has 262 valence electrons. The first-order valence-electron chi connectivity index (χ1n) is 15.3. The zero-order chi connectivity index (χ0) is 36.0. The number of carbonyl (C=O) groups is 4. The fourth-order valence-electron chi connectivity index (χ4n) is 5.67. The molecular weight excluding hydrogens is 700 g/mol. The van der Waals surface area contributed by atoms with E-state index >= 15 is 0 Å². The molecule has 3 aliphatic rings. The molecule has 3 aliphatic heterocycles. The highest BCUT2D eigenvalue weighted by Crippen LogP contribution is 2.40. The van der Waals surface area contributed by atoms with Crippen LogP contribution in [-0.2, 0) is 40.8 Å². The van der Waals surface area contributed by atoms with E-state index in [0.29, 0.717) is 11.1 Å². The van der Waals surface area contributed by atoms with Gasteiger partial charge in [-0.25, -0.2) is 9.59 Å². The van der Waals surface area contributed by atoms with Gasteiger partial charge in [0.2, 0.25) is 10.1 Å². The van der Waals surface area contributed by atoms with E-state index in [1.54, 1.807) is 81.4 Å². The van der Waals surface area contributed by atoms with Crippen molar-refractivity contribution in [1.82, 2.24) is 20.4 Å². The van der Waals surface area contributed by atoms with Crippen molar-refractivity contribution in [2.24, 2.45) is 0 Å². The minimum atomic E-state index is -4.74. The van der Waals surface area contributed by atoms with Crippen LogP contribution in [0.5, 0.6) is 0 Å². The summed E-state index contributed by atoms with van der Waals surface area (Å²) in [7, 11) is -1.88. The Bertz CT molecular complexity index is 1890. The number of esters is 1. The zero-order valence-corrected chi connectivity index (χ0v) is 28.4. The van der Waals surface area contributed by atoms with Crippen LogP contribution in [0.25, 0.3) is 0 Å². The maximum Gasteiger partial charge on any atom is 0.445 e. The molecule has 12 nitrogen and oxygen atoms in total. The third kappa shape index (κ3) is 7.05. The molecule has 6 rings (SSSR count). The number of ether oxygens (including phenoxy) is 2. The third-order valence-corrected chi connectivity index (χ3v) is 10.4. The van der Waals surface area contributed by atoms with E-state index in [1.807, 2.05) is 0 Å². The molecule has 0 bridgehead atoms. The van der Waals surface area contributed by atoms with Crippen LogP contribution in [0.15, 0.2) is 83.6 Å². The van der Waals surface area contributed by atoms with Crippen LogP contribution in [0, 0.1) is 0 Å². The lowest BCUT2D eigenvalue weighted by atomic mass is 10.00. The zero-order valence-electron chi connectivity index (χ0n) is 26.8. The highest BCUT2D eigenvalue weighted by atomic mass is 32.2. The number of halogens is 3. The number of benzene rings is 2. The van der Waals surface area contributed by atoms with Crippen LogP contribution in [0.1, 0.15) is 49.4 Å². The van der Waals surface area contributed by atoms with Crippen LogP contribution in [0.2, 0.25) is 0 Å². The third-order valence-electron chi connectivity index (χ3n) is 7.81. The molecule has 0 unspecified atom stereocenters. The standard InChI is InChI=1S/C33H30F3N5O7S2/c1-32(2,3)48-31(45)37-22-26(43)41-23(28(44)47-24(18-10-6-4-7-11-18)19-12-8-5-9-13-19)21(17-50(46)27(22)41)16-20-14-15-40(25(20)42)30-39-38-29(49-30)33(34,35)36/h4-13,16,22,24,27H,14-15,17H2,1-3H3,(H,37,45)/t22-,27-,50+/m1/s1. The number of nitrogens with one attached hydrogen (secondary N) is 1. The molecule has 1 N–H and O–H groups in total. The lowest BCUT2D eigenvalue weighted by Gasteiger charge is -2.49. The van der Waals surface area contributed by atoms with Crippen molar-refractivity contribution in [3.8, 4) is 0 Å². The molecular formula is C33H30F3N5O7S2. The van der Waals surface area contributed by atoms with Gasteiger partial charge in [-0.2, -0.15) is 13.2 Å². The van der Waals surface area contributed by atoms with E-state index in [0.717, 1.165) is 9.80 Å². The van der Waals surface area contributed by atoms with Crippen LogP contribution in [0.3, 0.4) is 0 Å². The Kier molecular flexibility index (Phi) is 9.39. The number of carbonyl (C=O) groups excluding carboxylic acids is 4. The highest BCUT2D eigenvalue weighted by molar-refractivity contribution is 7.86. The Balaban J connectivity index is 1.37. The minimum absolute atomic E-state index is 0.0233. The van der Waals surface area contributed by atoms with Crippen LogP contribution in [-0.4, -0.2) is 72.5 Å². The van der Waals surface area contributed by atoms with Gasteiger partial charge in [-0.05, 0) is 50.0 Å². The van der Waals surface area contributed by atoms with Crippen LogP contribution < -0.4 is 10.2 Å². The molecule has 2 saturated heterocycles. The van der Waals surface area contributed by atoms with Crippen molar-refractivity contribution >= 4 is 51.1 Å². The maximum absolute atomic E-state index is 14.2. The number of hydrogen-bond acceptors (Lipinski definition) is 10. The van der Waals surface area contributed by atoms with Gasteiger partial charge in [0, 0.05) is 12.1 Å². The Labute approximate surface area is 290 Å². The molecule has 17 heteroatoms. The molecule has 0 aliphatic carbocycles. The number of allylic oxidation sites excluding steroid dienone is 1. The van der Waals surface area contributed by atoms with E-state index in [9.17, 15) is 36.6 Å². The lowest BCUT2D eigenvalue weighted by Crippen LogP contribution is -2.73. The van der Waals surface area contributed by atoms with E-state index in [4.69, 9.17) is 9.47 Å². The summed E-state index contributed by atoms with van der Waals surface area (Å²) in [5.41, 5.74) is 0.230. The largest absolute Gasteiger partial charge is 0.448 e. The predicted octanol–water partition coefficient (Wildman–Crippen LogP) is 4.63. The van der Waals surface area contributed by atoms with E-state index in [2.05, 4.69) is 15.5 Å². The predicted molar refractivity (Wildman–Crippen MR) is 175 cm³/mol. The summed E-state index contributed by atoms with van der Waals surface area (Å²) in [5, 5.41) is 6.51. The average Bonchev–Trinajstić information content (AvgIpc) is 3.69. The summed E-state index contributed by atoms with van der Waals surface area (Å²) in [6, 6.07) is 16.5.